The summed E-state index contributed by atoms with van der Waals surface area (Å²) >= 11 is 1.66. The van der Waals surface area contributed by atoms with Gasteiger partial charge in [0.15, 0.2) is 11.1 Å². The van der Waals surface area contributed by atoms with Gasteiger partial charge in [0.1, 0.15) is 0 Å². The summed E-state index contributed by atoms with van der Waals surface area (Å²) in [6, 6.07) is 0. The minimum Gasteiger partial charge on any atom is -0.356 e. The van der Waals surface area contributed by atoms with Crippen molar-refractivity contribution in [1.82, 2.24) is 15.6 Å². The van der Waals surface area contributed by atoms with Crippen LogP contribution in [0.4, 0.5) is 5.13 Å². The lowest BCUT2D eigenvalue weighted by atomic mass is 10.1. The molecule has 1 aromatic heterocycles. The molecule has 0 amide bonds. The second-order valence-corrected chi connectivity index (χ2v) is 6.24. The molecule has 1 heterocycles. The third-order valence-corrected chi connectivity index (χ3v) is 3.89. The topological polar surface area (TPSA) is 52.6 Å². The summed E-state index contributed by atoms with van der Waals surface area (Å²) in [4.78, 5) is 10.8. The average molecular weight is 425 g/mol. The SMILES string of the molecule is CN=C(NCCCC(C)C)NCc1csc(N(C)C)n1.I. The van der Waals surface area contributed by atoms with E-state index in [1.165, 1.54) is 12.8 Å². The lowest BCUT2D eigenvalue weighted by molar-refractivity contribution is 0.549. The molecule has 0 fully saturated rings. The Balaban J connectivity index is 0.00000400. The van der Waals surface area contributed by atoms with Crippen molar-refractivity contribution >= 4 is 46.4 Å². The Bertz CT molecular complexity index is 417. The van der Waals surface area contributed by atoms with Gasteiger partial charge in [-0.25, -0.2) is 4.98 Å². The molecule has 0 aliphatic heterocycles. The second-order valence-electron chi connectivity index (χ2n) is 5.40. The minimum atomic E-state index is 0. The smallest absolute Gasteiger partial charge is 0.191 e. The largest absolute Gasteiger partial charge is 0.356 e. The van der Waals surface area contributed by atoms with Crippen molar-refractivity contribution in [3.05, 3.63) is 11.1 Å². The van der Waals surface area contributed by atoms with Crippen LogP contribution in [0.1, 0.15) is 32.4 Å². The fourth-order valence-corrected chi connectivity index (χ4v) is 2.45. The van der Waals surface area contributed by atoms with Gasteiger partial charge in [0, 0.05) is 33.1 Å². The number of halogens is 1. The number of anilines is 1. The first-order valence-corrected chi connectivity index (χ1v) is 7.97. The van der Waals surface area contributed by atoms with Gasteiger partial charge in [0.2, 0.25) is 0 Å². The first-order chi connectivity index (χ1) is 9.52. The molecule has 0 saturated heterocycles. The van der Waals surface area contributed by atoms with Crippen molar-refractivity contribution in [3.63, 3.8) is 0 Å². The van der Waals surface area contributed by atoms with Gasteiger partial charge < -0.3 is 15.5 Å². The van der Waals surface area contributed by atoms with E-state index in [0.717, 1.165) is 29.2 Å². The Hall–Kier alpha value is -0.570. The highest BCUT2D eigenvalue weighted by Gasteiger charge is 2.04. The van der Waals surface area contributed by atoms with Crippen LogP contribution in [0.3, 0.4) is 0 Å². The molecule has 0 unspecified atom stereocenters. The van der Waals surface area contributed by atoms with Gasteiger partial charge in [-0.2, -0.15) is 0 Å². The number of hydrogen-bond donors (Lipinski definition) is 2. The fourth-order valence-electron chi connectivity index (χ4n) is 1.69. The summed E-state index contributed by atoms with van der Waals surface area (Å²) < 4.78 is 0. The predicted molar refractivity (Wildman–Crippen MR) is 104 cm³/mol. The zero-order valence-corrected chi connectivity index (χ0v) is 16.8. The van der Waals surface area contributed by atoms with E-state index in [9.17, 15) is 0 Å². The standard InChI is InChI=1S/C14H27N5S.HI/c1-11(2)7-6-8-16-13(15-3)17-9-12-10-20-14(18-12)19(4)5;/h10-11H,6-9H2,1-5H3,(H2,15,16,17);1H. The van der Waals surface area contributed by atoms with Crippen molar-refractivity contribution in [2.75, 3.05) is 32.6 Å². The molecule has 0 spiro atoms. The van der Waals surface area contributed by atoms with E-state index in [0.29, 0.717) is 6.54 Å². The quantitative estimate of drug-likeness (QED) is 0.305. The molecule has 2 N–H and O–H groups in total. The number of thiazole rings is 1. The molecule has 0 saturated carbocycles. The molecule has 0 aromatic carbocycles. The van der Waals surface area contributed by atoms with E-state index in [1.54, 1.807) is 18.4 Å². The minimum absolute atomic E-state index is 0. The van der Waals surface area contributed by atoms with Crippen LogP contribution in [-0.2, 0) is 6.54 Å². The van der Waals surface area contributed by atoms with Gasteiger partial charge in [-0.15, -0.1) is 35.3 Å². The van der Waals surface area contributed by atoms with E-state index in [4.69, 9.17) is 0 Å². The maximum absolute atomic E-state index is 4.53. The van der Waals surface area contributed by atoms with Gasteiger partial charge in [0.25, 0.3) is 0 Å². The van der Waals surface area contributed by atoms with Crippen LogP contribution in [0, 0.1) is 5.92 Å². The second kappa shape index (κ2) is 11.1. The molecule has 5 nitrogen and oxygen atoms in total. The van der Waals surface area contributed by atoms with E-state index in [-0.39, 0.29) is 24.0 Å². The van der Waals surface area contributed by atoms with Crippen LogP contribution in [0.2, 0.25) is 0 Å². The van der Waals surface area contributed by atoms with Gasteiger partial charge in [-0.1, -0.05) is 13.8 Å². The zero-order valence-electron chi connectivity index (χ0n) is 13.6. The third-order valence-electron chi connectivity index (χ3n) is 2.83. The van der Waals surface area contributed by atoms with Crippen LogP contribution in [-0.4, -0.2) is 38.6 Å². The Morgan fingerprint density at radius 2 is 2.10 bits per heavy atom. The summed E-state index contributed by atoms with van der Waals surface area (Å²) in [5.41, 5.74) is 1.05. The lowest BCUT2D eigenvalue weighted by Crippen LogP contribution is -2.37. The van der Waals surface area contributed by atoms with Gasteiger partial charge in [-0.3, -0.25) is 4.99 Å². The summed E-state index contributed by atoms with van der Waals surface area (Å²) in [5, 5.41) is 9.73. The Morgan fingerprint density at radius 3 is 2.62 bits per heavy atom. The molecule has 0 bridgehead atoms. The molecular weight excluding hydrogens is 397 g/mol. The molecular formula is C14H28IN5S. The van der Waals surface area contributed by atoms with E-state index >= 15 is 0 Å². The van der Waals surface area contributed by atoms with Gasteiger partial charge in [-0.05, 0) is 18.8 Å². The van der Waals surface area contributed by atoms with Crippen LogP contribution in [0.5, 0.6) is 0 Å². The van der Waals surface area contributed by atoms with Crippen LogP contribution < -0.4 is 15.5 Å². The Morgan fingerprint density at radius 1 is 1.38 bits per heavy atom. The number of aromatic nitrogens is 1. The molecule has 1 aromatic rings. The van der Waals surface area contributed by atoms with Gasteiger partial charge >= 0.3 is 0 Å². The zero-order chi connectivity index (χ0) is 15.0. The first-order valence-electron chi connectivity index (χ1n) is 7.09. The van der Waals surface area contributed by atoms with E-state index in [2.05, 4.69) is 39.8 Å². The first kappa shape index (κ1) is 20.4. The Kier molecular flexibility index (Phi) is 10.8. The lowest BCUT2D eigenvalue weighted by Gasteiger charge is -2.11. The van der Waals surface area contributed by atoms with Crippen LogP contribution in [0.25, 0.3) is 0 Å². The number of guanidine groups is 1. The van der Waals surface area contributed by atoms with Crippen molar-refractivity contribution in [2.24, 2.45) is 10.9 Å². The van der Waals surface area contributed by atoms with E-state index < -0.39 is 0 Å². The summed E-state index contributed by atoms with van der Waals surface area (Å²) in [6.45, 7) is 6.15. The maximum Gasteiger partial charge on any atom is 0.191 e. The number of rotatable bonds is 7. The van der Waals surface area contributed by atoms with E-state index in [1.807, 2.05) is 19.0 Å². The monoisotopic (exact) mass is 425 g/mol. The fraction of sp³-hybridized carbons (Fsp3) is 0.714. The Labute approximate surface area is 149 Å². The molecule has 21 heavy (non-hydrogen) atoms. The third kappa shape index (κ3) is 8.45. The summed E-state index contributed by atoms with van der Waals surface area (Å²) in [6.07, 6.45) is 2.40. The van der Waals surface area contributed by atoms with Crippen molar-refractivity contribution in [2.45, 2.75) is 33.2 Å². The highest BCUT2D eigenvalue weighted by atomic mass is 127. The normalized spacial score (nSPS) is 11.2. The highest BCUT2D eigenvalue weighted by Crippen LogP contribution is 2.17. The molecule has 7 heteroatoms. The molecule has 0 aliphatic rings. The molecule has 0 atom stereocenters. The number of aliphatic imine (C=N–C) groups is 1. The van der Waals surface area contributed by atoms with Crippen LogP contribution >= 0.6 is 35.3 Å². The number of nitrogens with zero attached hydrogens (tertiary/aromatic N) is 3. The molecule has 1 rings (SSSR count). The van der Waals surface area contributed by atoms with Crippen molar-refractivity contribution in [1.29, 1.82) is 0 Å². The molecule has 0 aliphatic carbocycles. The van der Waals surface area contributed by atoms with Crippen molar-refractivity contribution < 1.29 is 0 Å². The molecule has 0 radical (unpaired) electrons. The number of nitrogens with one attached hydrogen (secondary N) is 2. The average Bonchev–Trinajstić information content (AvgIpc) is 2.86. The van der Waals surface area contributed by atoms with Gasteiger partial charge in [0.05, 0.1) is 12.2 Å². The number of hydrogen-bond acceptors (Lipinski definition) is 4. The summed E-state index contributed by atoms with van der Waals surface area (Å²) in [7, 11) is 5.81. The van der Waals surface area contributed by atoms with Crippen LogP contribution in [0.15, 0.2) is 10.4 Å². The predicted octanol–water partition coefficient (Wildman–Crippen LogP) is 2.93. The summed E-state index contributed by atoms with van der Waals surface area (Å²) in [5.74, 6) is 1.60. The highest BCUT2D eigenvalue weighted by molar-refractivity contribution is 14.0. The van der Waals surface area contributed by atoms with Crippen molar-refractivity contribution in [3.8, 4) is 0 Å². The maximum atomic E-state index is 4.53. The molecule has 122 valence electrons.